The summed E-state index contributed by atoms with van der Waals surface area (Å²) < 4.78 is 31.6. The van der Waals surface area contributed by atoms with E-state index in [4.69, 9.17) is 4.42 Å². The maximum atomic E-state index is 12.5. The van der Waals surface area contributed by atoms with Gasteiger partial charge >= 0.3 is 0 Å². The average Bonchev–Trinajstić information content (AvgIpc) is 3.22. The van der Waals surface area contributed by atoms with Crippen molar-refractivity contribution >= 4 is 21.8 Å². The fourth-order valence-corrected chi connectivity index (χ4v) is 4.08. The molecule has 1 aromatic heterocycles. The van der Waals surface area contributed by atoms with E-state index in [2.05, 4.69) is 5.32 Å². The lowest BCUT2D eigenvalue weighted by molar-refractivity contribution is -0.122. The summed E-state index contributed by atoms with van der Waals surface area (Å²) >= 11 is 0. The van der Waals surface area contributed by atoms with Crippen LogP contribution in [0.2, 0.25) is 0 Å². The highest BCUT2D eigenvalue weighted by Crippen LogP contribution is 2.23. The second kappa shape index (κ2) is 8.01. The van der Waals surface area contributed by atoms with E-state index in [1.54, 1.807) is 6.92 Å². The van der Waals surface area contributed by atoms with Crippen LogP contribution in [0.15, 0.2) is 21.6 Å². The third-order valence-corrected chi connectivity index (χ3v) is 5.68. The van der Waals surface area contributed by atoms with E-state index < -0.39 is 15.9 Å². The number of nitrogens with one attached hydrogen (secondary N) is 1. The summed E-state index contributed by atoms with van der Waals surface area (Å²) in [5.74, 6) is -0.872. The molecule has 0 aromatic carbocycles. The fourth-order valence-electron chi connectivity index (χ4n) is 2.65. The van der Waals surface area contributed by atoms with Crippen LogP contribution in [-0.2, 0) is 14.8 Å². The molecule has 0 atom stereocenters. The van der Waals surface area contributed by atoms with Crippen molar-refractivity contribution in [1.82, 2.24) is 14.5 Å². The molecule has 1 N–H and O–H groups in total. The van der Waals surface area contributed by atoms with Crippen LogP contribution in [0.5, 0.6) is 0 Å². The summed E-state index contributed by atoms with van der Waals surface area (Å²) in [6.07, 6.45) is 1.64. The standard InChI is InChI=1S/C16H25N3O5S/c1-4-18(11-14(20)17-12(2)3)16(21)13-7-8-15(24-13)25(22,23)19-9-5-6-10-19/h7-8,12H,4-6,9-11H2,1-3H3,(H,17,20). The van der Waals surface area contributed by atoms with Gasteiger partial charge < -0.3 is 14.6 Å². The highest BCUT2D eigenvalue weighted by Gasteiger charge is 2.31. The number of hydrogen-bond acceptors (Lipinski definition) is 5. The van der Waals surface area contributed by atoms with E-state index in [-0.39, 0.29) is 29.3 Å². The van der Waals surface area contributed by atoms with Crippen LogP contribution in [0.1, 0.15) is 44.2 Å². The van der Waals surface area contributed by atoms with Crippen LogP contribution in [0.3, 0.4) is 0 Å². The zero-order valence-electron chi connectivity index (χ0n) is 14.8. The zero-order valence-corrected chi connectivity index (χ0v) is 15.6. The monoisotopic (exact) mass is 371 g/mol. The number of likely N-dealkylation sites (N-methyl/N-ethyl adjacent to an activating group) is 1. The van der Waals surface area contributed by atoms with E-state index >= 15 is 0 Å². The number of amides is 2. The van der Waals surface area contributed by atoms with Crippen LogP contribution in [-0.4, -0.2) is 61.7 Å². The Morgan fingerprint density at radius 3 is 2.48 bits per heavy atom. The molecule has 9 heteroatoms. The Labute approximate surface area is 148 Å². The predicted octanol–water partition coefficient (Wildman–Crippen LogP) is 1.05. The first-order valence-corrected chi connectivity index (χ1v) is 9.88. The van der Waals surface area contributed by atoms with Gasteiger partial charge in [0.05, 0.1) is 6.54 Å². The van der Waals surface area contributed by atoms with Gasteiger partial charge in [-0.1, -0.05) is 0 Å². The van der Waals surface area contributed by atoms with Crippen molar-refractivity contribution in [3.05, 3.63) is 17.9 Å². The lowest BCUT2D eigenvalue weighted by Crippen LogP contribution is -2.42. The molecule has 25 heavy (non-hydrogen) atoms. The molecule has 1 saturated heterocycles. The van der Waals surface area contributed by atoms with Gasteiger partial charge in [0, 0.05) is 25.7 Å². The topological polar surface area (TPSA) is 99.9 Å². The Hall–Kier alpha value is -1.87. The number of carbonyl (C=O) groups is 2. The van der Waals surface area contributed by atoms with Crippen LogP contribution >= 0.6 is 0 Å². The molecule has 2 amide bonds. The van der Waals surface area contributed by atoms with Gasteiger partial charge in [0.25, 0.3) is 15.9 Å². The zero-order chi connectivity index (χ0) is 18.6. The van der Waals surface area contributed by atoms with Crippen LogP contribution in [0, 0.1) is 0 Å². The lowest BCUT2D eigenvalue weighted by atomic mass is 10.3. The Bertz CT molecular complexity index is 720. The second-order valence-corrected chi connectivity index (χ2v) is 8.14. The molecule has 2 rings (SSSR count). The summed E-state index contributed by atoms with van der Waals surface area (Å²) in [5.41, 5.74) is 0. The first-order valence-electron chi connectivity index (χ1n) is 8.44. The van der Waals surface area contributed by atoms with Gasteiger partial charge in [-0.25, -0.2) is 8.42 Å². The van der Waals surface area contributed by atoms with Crippen molar-refractivity contribution in [3.63, 3.8) is 0 Å². The molecule has 0 aliphatic carbocycles. The number of furan rings is 1. The summed E-state index contributed by atoms with van der Waals surface area (Å²) in [6.45, 7) is 6.52. The molecule has 0 radical (unpaired) electrons. The van der Waals surface area contributed by atoms with E-state index in [9.17, 15) is 18.0 Å². The molecule has 1 aromatic rings. The minimum atomic E-state index is -3.71. The second-order valence-electron chi connectivity index (χ2n) is 6.27. The van der Waals surface area contributed by atoms with E-state index in [0.717, 1.165) is 12.8 Å². The van der Waals surface area contributed by atoms with E-state index in [0.29, 0.717) is 19.6 Å². The minimum absolute atomic E-state index is 0.0258. The molecular formula is C16H25N3O5S. The van der Waals surface area contributed by atoms with Crippen molar-refractivity contribution < 1.29 is 22.4 Å². The van der Waals surface area contributed by atoms with Crippen molar-refractivity contribution in [1.29, 1.82) is 0 Å². The maximum Gasteiger partial charge on any atom is 0.290 e. The highest BCUT2D eigenvalue weighted by molar-refractivity contribution is 7.89. The molecule has 2 heterocycles. The van der Waals surface area contributed by atoms with Gasteiger partial charge in [-0.3, -0.25) is 9.59 Å². The molecule has 0 saturated carbocycles. The van der Waals surface area contributed by atoms with Crippen LogP contribution in [0.4, 0.5) is 0 Å². The van der Waals surface area contributed by atoms with Crippen LogP contribution in [0.25, 0.3) is 0 Å². The van der Waals surface area contributed by atoms with Crippen LogP contribution < -0.4 is 5.32 Å². The SMILES string of the molecule is CCN(CC(=O)NC(C)C)C(=O)c1ccc(S(=O)(=O)N2CCCC2)o1. The number of nitrogens with zero attached hydrogens (tertiary/aromatic N) is 2. The molecule has 1 fully saturated rings. The van der Waals surface area contributed by atoms with Crippen molar-refractivity contribution in [2.75, 3.05) is 26.2 Å². The molecular weight excluding hydrogens is 346 g/mol. The number of sulfonamides is 1. The predicted molar refractivity (Wildman–Crippen MR) is 91.6 cm³/mol. The van der Waals surface area contributed by atoms with Gasteiger partial charge in [0.15, 0.2) is 5.76 Å². The molecule has 1 aliphatic rings. The largest absolute Gasteiger partial charge is 0.438 e. The third-order valence-electron chi connectivity index (χ3n) is 3.90. The summed E-state index contributed by atoms with van der Waals surface area (Å²) in [4.78, 5) is 25.7. The molecule has 0 bridgehead atoms. The van der Waals surface area contributed by atoms with Crippen molar-refractivity contribution in [2.45, 2.75) is 44.7 Å². The highest BCUT2D eigenvalue weighted by atomic mass is 32.2. The molecule has 0 unspecified atom stereocenters. The number of rotatable bonds is 7. The fraction of sp³-hybridized carbons (Fsp3) is 0.625. The average molecular weight is 371 g/mol. The summed E-state index contributed by atoms with van der Waals surface area (Å²) in [7, 11) is -3.71. The van der Waals surface area contributed by atoms with Gasteiger partial charge in [-0.15, -0.1) is 0 Å². The Kier molecular flexibility index (Phi) is 6.23. The first kappa shape index (κ1) is 19.5. The molecule has 0 spiro atoms. The summed E-state index contributed by atoms with van der Waals surface area (Å²) in [6, 6.07) is 2.61. The molecule has 140 valence electrons. The third kappa shape index (κ3) is 4.60. The van der Waals surface area contributed by atoms with Gasteiger partial charge in [-0.05, 0) is 45.7 Å². The Morgan fingerprint density at radius 2 is 1.92 bits per heavy atom. The molecule has 8 nitrogen and oxygen atoms in total. The smallest absolute Gasteiger partial charge is 0.290 e. The van der Waals surface area contributed by atoms with Gasteiger partial charge in [0.2, 0.25) is 11.0 Å². The summed E-state index contributed by atoms with van der Waals surface area (Å²) in [5, 5.41) is 2.48. The first-order chi connectivity index (χ1) is 11.8. The maximum absolute atomic E-state index is 12.5. The van der Waals surface area contributed by atoms with Gasteiger partial charge in [0.1, 0.15) is 0 Å². The van der Waals surface area contributed by atoms with Crippen molar-refractivity contribution in [2.24, 2.45) is 0 Å². The van der Waals surface area contributed by atoms with E-state index in [1.807, 2.05) is 13.8 Å². The number of carbonyl (C=O) groups excluding carboxylic acids is 2. The van der Waals surface area contributed by atoms with Gasteiger partial charge in [-0.2, -0.15) is 4.31 Å². The quantitative estimate of drug-likeness (QED) is 0.772. The molecule has 1 aliphatic heterocycles. The lowest BCUT2D eigenvalue weighted by Gasteiger charge is -2.20. The van der Waals surface area contributed by atoms with Crippen molar-refractivity contribution in [3.8, 4) is 0 Å². The minimum Gasteiger partial charge on any atom is -0.438 e. The van der Waals surface area contributed by atoms with E-state index in [1.165, 1.54) is 21.3 Å². The Morgan fingerprint density at radius 1 is 1.28 bits per heavy atom. The Balaban J connectivity index is 2.11. The number of hydrogen-bond donors (Lipinski definition) is 1. The normalized spacial score (nSPS) is 15.5.